The summed E-state index contributed by atoms with van der Waals surface area (Å²) in [6.07, 6.45) is 0. The predicted molar refractivity (Wildman–Crippen MR) is 200 cm³/mol. The molecular weight excluding hydrogens is 569 g/mol. The molecule has 0 N–H and O–H groups in total. The molecule has 1 aromatic heterocycles. The fraction of sp³-hybridized carbons (Fsp3) is 0. The summed E-state index contributed by atoms with van der Waals surface area (Å²) in [5, 5.41) is 12.2. The van der Waals surface area contributed by atoms with Gasteiger partial charge in [0.05, 0.1) is 0 Å². The van der Waals surface area contributed by atoms with E-state index in [-0.39, 0.29) is 0 Å². The maximum absolute atomic E-state index is 6.64. The van der Waals surface area contributed by atoms with E-state index in [0.29, 0.717) is 0 Å². The van der Waals surface area contributed by atoms with Gasteiger partial charge in [0.2, 0.25) is 0 Å². The van der Waals surface area contributed by atoms with Gasteiger partial charge in [-0.15, -0.1) is 0 Å². The second-order valence-electron chi connectivity index (χ2n) is 12.4. The third-order valence-electron chi connectivity index (χ3n) is 9.82. The van der Waals surface area contributed by atoms with E-state index in [2.05, 4.69) is 164 Å². The molecule has 10 rings (SSSR count). The van der Waals surface area contributed by atoms with E-state index in [1.165, 1.54) is 70.9 Å². The number of benzene rings is 9. The van der Waals surface area contributed by atoms with Gasteiger partial charge in [-0.25, -0.2) is 0 Å². The minimum absolute atomic E-state index is 0.909. The van der Waals surface area contributed by atoms with Crippen LogP contribution >= 0.6 is 0 Å². The highest BCUT2D eigenvalue weighted by molar-refractivity contribution is 6.26. The summed E-state index contributed by atoms with van der Waals surface area (Å²) < 4.78 is 6.64. The van der Waals surface area contributed by atoms with Crippen LogP contribution in [0.4, 0.5) is 0 Å². The first-order valence-electron chi connectivity index (χ1n) is 16.2. The molecular formula is C46H28O. The molecule has 0 saturated carbocycles. The predicted octanol–water partition coefficient (Wildman–Crippen LogP) is 13.2. The second kappa shape index (κ2) is 10.2. The van der Waals surface area contributed by atoms with Crippen LogP contribution in [-0.2, 0) is 0 Å². The van der Waals surface area contributed by atoms with Crippen LogP contribution in [0.1, 0.15) is 0 Å². The lowest BCUT2D eigenvalue weighted by Crippen LogP contribution is -1.93. The quantitative estimate of drug-likeness (QED) is 0.185. The minimum Gasteiger partial charge on any atom is -0.455 e. The Morgan fingerprint density at radius 3 is 1.53 bits per heavy atom. The van der Waals surface area contributed by atoms with Crippen molar-refractivity contribution in [3.63, 3.8) is 0 Å². The summed E-state index contributed by atoms with van der Waals surface area (Å²) in [5.74, 6) is 0. The zero-order valence-corrected chi connectivity index (χ0v) is 25.6. The van der Waals surface area contributed by atoms with E-state index in [9.17, 15) is 0 Å². The van der Waals surface area contributed by atoms with Gasteiger partial charge in [-0.1, -0.05) is 152 Å². The Labute approximate surface area is 271 Å². The minimum atomic E-state index is 0.909. The molecule has 0 atom stereocenters. The van der Waals surface area contributed by atoms with E-state index >= 15 is 0 Å². The monoisotopic (exact) mass is 596 g/mol. The number of hydrogen-bond donors (Lipinski definition) is 0. The standard InChI is InChI=1S/C46H28O/c1-3-13-31-27-33(25-23-29(31)11-1)43-36-16-5-6-17-37(36)44(34-26-24-30-12-2-4-14-32(30)28-34)45-38(18-9-21-41(43)45)40-20-10-19-39-35-15-7-8-22-42(35)47-46(39)40/h1-28H. The van der Waals surface area contributed by atoms with Crippen LogP contribution in [0.3, 0.4) is 0 Å². The molecule has 0 aliphatic carbocycles. The average Bonchev–Trinajstić information content (AvgIpc) is 3.52. The zero-order chi connectivity index (χ0) is 30.9. The molecule has 47 heavy (non-hydrogen) atoms. The maximum Gasteiger partial charge on any atom is 0.143 e. The Hall–Kier alpha value is -6.18. The third kappa shape index (κ3) is 3.97. The first-order chi connectivity index (χ1) is 23.3. The van der Waals surface area contributed by atoms with Crippen molar-refractivity contribution in [2.45, 2.75) is 0 Å². The molecule has 0 unspecified atom stereocenters. The molecule has 0 bridgehead atoms. The van der Waals surface area contributed by atoms with Crippen molar-refractivity contribution >= 4 is 65.0 Å². The lowest BCUT2D eigenvalue weighted by molar-refractivity contribution is 0.670. The number of rotatable bonds is 3. The molecule has 10 aromatic rings. The van der Waals surface area contributed by atoms with Gasteiger partial charge in [0.1, 0.15) is 11.2 Å². The fourth-order valence-corrected chi connectivity index (χ4v) is 7.71. The molecule has 0 spiro atoms. The topological polar surface area (TPSA) is 13.1 Å². The molecule has 9 aromatic carbocycles. The van der Waals surface area contributed by atoms with E-state index < -0.39 is 0 Å². The number of fused-ring (bicyclic) bond motifs is 7. The van der Waals surface area contributed by atoms with Crippen molar-refractivity contribution in [2.24, 2.45) is 0 Å². The lowest BCUT2D eigenvalue weighted by Gasteiger charge is -2.21. The highest BCUT2D eigenvalue weighted by atomic mass is 16.3. The van der Waals surface area contributed by atoms with Gasteiger partial charge in [-0.05, 0) is 89.1 Å². The second-order valence-corrected chi connectivity index (χ2v) is 12.4. The van der Waals surface area contributed by atoms with Gasteiger partial charge >= 0.3 is 0 Å². The molecule has 0 saturated heterocycles. The van der Waals surface area contributed by atoms with Gasteiger partial charge in [-0.2, -0.15) is 0 Å². The molecule has 0 aliphatic rings. The Morgan fingerprint density at radius 2 is 0.830 bits per heavy atom. The molecule has 1 heteroatoms. The van der Waals surface area contributed by atoms with Gasteiger partial charge in [0, 0.05) is 16.3 Å². The molecule has 0 fully saturated rings. The van der Waals surface area contributed by atoms with E-state index in [1.807, 2.05) is 6.07 Å². The Balaban J connectivity index is 1.40. The van der Waals surface area contributed by atoms with Crippen molar-refractivity contribution < 1.29 is 4.42 Å². The summed E-state index contributed by atoms with van der Waals surface area (Å²) >= 11 is 0. The van der Waals surface area contributed by atoms with Crippen LogP contribution in [-0.4, -0.2) is 0 Å². The summed E-state index contributed by atoms with van der Waals surface area (Å²) in [6.45, 7) is 0. The average molecular weight is 597 g/mol. The Bertz CT molecular complexity index is 2850. The fourth-order valence-electron chi connectivity index (χ4n) is 7.71. The van der Waals surface area contributed by atoms with Crippen LogP contribution in [0.2, 0.25) is 0 Å². The normalized spacial score (nSPS) is 11.8. The number of hydrogen-bond acceptors (Lipinski definition) is 1. The van der Waals surface area contributed by atoms with Gasteiger partial charge in [0.25, 0.3) is 0 Å². The maximum atomic E-state index is 6.64. The van der Waals surface area contributed by atoms with Crippen molar-refractivity contribution in [1.82, 2.24) is 0 Å². The van der Waals surface area contributed by atoms with Crippen LogP contribution in [0.5, 0.6) is 0 Å². The number of furan rings is 1. The third-order valence-corrected chi connectivity index (χ3v) is 9.82. The highest BCUT2D eigenvalue weighted by Gasteiger charge is 2.22. The first kappa shape index (κ1) is 26.1. The largest absolute Gasteiger partial charge is 0.455 e. The first-order valence-corrected chi connectivity index (χ1v) is 16.2. The van der Waals surface area contributed by atoms with Crippen molar-refractivity contribution in [1.29, 1.82) is 0 Å². The summed E-state index contributed by atoms with van der Waals surface area (Å²) in [6, 6.07) is 61.6. The Kier molecular flexibility index (Phi) is 5.64. The van der Waals surface area contributed by atoms with Crippen molar-refractivity contribution in [3.05, 3.63) is 170 Å². The molecule has 0 amide bonds. The van der Waals surface area contributed by atoms with Crippen molar-refractivity contribution in [2.75, 3.05) is 0 Å². The van der Waals surface area contributed by atoms with E-state index in [1.54, 1.807) is 0 Å². The Morgan fingerprint density at radius 1 is 0.319 bits per heavy atom. The molecule has 218 valence electrons. The van der Waals surface area contributed by atoms with Crippen LogP contribution in [0.15, 0.2) is 174 Å². The van der Waals surface area contributed by atoms with Crippen LogP contribution in [0, 0.1) is 0 Å². The molecule has 0 radical (unpaired) electrons. The summed E-state index contributed by atoms with van der Waals surface area (Å²) in [5.41, 5.74) is 9.03. The SMILES string of the molecule is c1ccc2cc(-c3c4ccccc4c(-c4ccc5ccccc5c4)c4c(-c5cccc6c5oc5ccccc56)cccc34)ccc2c1. The van der Waals surface area contributed by atoms with E-state index in [4.69, 9.17) is 4.42 Å². The van der Waals surface area contributed by atoms with Crippen molar-refractivity contribution in [3.8, 4) is 33.4 Å². The van der Waals surface area contributed by atoms with Gasteiger partial charge in [-0.3, -0.25) is 0 Å². The van der Waals surface area contributed by atoms with E-state index in [0.717, 1.165) is 27.5 Å². The molecule has 1 heterocycles. The zero-order valence-electron chi connectivity index (χ0n) is 25.6. The van der Waals surface area contributed by atoms with Gasteiger partial charge < -0.3 is 4.42 Å². The molecule has 0 aliphatic heterocycles. The lowest BCUT2D eigenvalue weighted by atomic mass is 9.82. The smallest absolute Gasteiger partial charge is 0.143 e. The van der Waals surface area contributed by atoms with Crippen LogP contribution in [0.25, 0.3) is 98.4 Å². The summed E-state index contributed by atoms with van der Waals surface area (Å²) in [4.78, 5) is 0. The summed E-state index contributed by atoms with van der Waals surface area (Å²) in [7, 11) is 0. The molecule has 1 nitrogen and oxygen atoms in total. The number of para-hydroxylation sites is 2. The highest BCUT2D eigenvalue weighted by Crippen LogP contribution is 2.49. The van der Waals surface area contributed by atoms with Gasteiger partial charge in [0.15, 0.2) is 0 Å². The van der Waals surface area contributed by atoms with Crippen LogP contribution < -0.4 is 0 Å².